The molecule has 1 N–H and O–H groups in total. The van der Waals surface area contributed by atoms with Gasteiger partial charge in [0.05, 0.1) is 6.10 Å². The average molecular weight is 247 g/mol. The maximum atomic E-state index is 5.97. The molecule has 0 spiro atoms. The molecule has 1 saturated carbocycles. The van der Waals surface area contributed by atoms with E-state index in [1.165, 1.54) is 24.8 Å². The van der Waals surface area contributed by atoms with Crippen LogP contribution in [0, 0.1) is 0 Å². The van der Waals surface area contributed by atoms with E-state index in [9.17, 15) is 0 Å². The summed E-state index contributed by atoms with van der Waals surface area (Å²) in [5, 5.41) is 3.41. The van der Waals surface area contributed by atoms with E-state index in [0.717, 1.165) is 5.75 Å². The van der Waals surface area contributed by atoms with Crippen LogP contribution in [0.1, 0.15) is 45.6 Å². The molecule has 0 aromatic heterocycles. The van der Waals surface area contributed by atoms with Crippen molar-refractivity contribution in [2.24, 2.45) is 0 Å². The maximum Gasteiger partial charge on any atom is 0.123 e. The predicted molar refractivity (Wildman–Crippen MR) is 76.3 cm³/mol. The summed E-state index contributed by atoms with van der Waals surface area (Å²) >= 11 is 0. The van der Waals surface area contributed by atoms with E-state index in [4.69, 9.17) is 4.74 Å². The van der Waals surface area contributed by atoms with E-state index in [1.807, 2.05) is 0 Å². The van der Waals surface area contributed by atoms with E-state index in [1.54, 1.807) is 0 Å². The van der Waals surface area contributed by atoms with Gasteiger partial charge < -0.3 is 10.1 Å². The van der Waals surface area contributed by atoms with E-state index in [2.05, 4.69) is 57.4 Å². The molecule has 2 atom stereocenters. The van der Waals surface area contributed by atoms with Crippen LogP contribution in [0.5, 0.6) is 5.75 Å². The number of rotatable bonds is 4. The van der Waals surface area contributed by atoms with Gasteiger partial charge in [0.15, 0.2) is 0 Å². The van der Waals surface area contributed by atoms with Crippen LogP contribution in [-0.2, 0) is 5.41 Å². The second kappa shape index (κ2) is 5.31. The molecule has 1 aromatic rings. The average Bonchev–Trinajstić information content (AvgIpc) is 2.72. The monoisotopic (exact) mass is 247 g/mol. The molecule has 2 heteroatoms. The van der Waals surface area contributed by atoms with Gasteiger partial charge in [-0.2, -0.15) is 0 Å². The number of ether oxygens (including phenoxy) is 1. The van der Waals surface area contributed by atoms with Crippen LogP contribution in [0.25, 0.3) is 0 Å². The van der Waals surface area contributed by atoms with Gasteiger partial charge in [-0.1, -0.05) is 25.1 Å². The molecule has 0 saturated heterocycles. The molecule has 0 bridgehead atoms. The molecule has 1 aromatic carbocycles. The zero-order valence-corrected chi connectivity index (χ0v) is 12.0. The lowest BCUT2D eigenvalue weighted by Gasteiger charge is -2.28. The zero-order valence-electron chi connectivity index (χ0n) is 12.0. The van der Waals surface area contributed by atoms with Crippen molar-refractivity contribution in [3.63, 3.8) is 0 Å². The van der Waals surface area contributed by atoms with Gasteiger partial charge in [0, 0.05) is 11.6 Å². The number of para-hydroxylation sites is 1. The first kappa shape index (κ1) is 13.4. The Hall–Kier alpha value is -1.02. The third-order valence-corrected chi connectivity index (χ3v) is 4.05. The van der Waals surface area contributed by atoms with Gasteiger partial charge in [-0.15, -0.1) is 0 Å². The quantitative estimate of drug-likeness (QED) is 0.879. The first-order valence-corrected chi connectivity index (χ1v) is 6.98. The second-order valence-electron chi connectivity index (χ2n) is 5.95. The molecule has 2 unspecified atom stereocenters. The molecule has 0 radical (unpaired) electrons. The van der Waals surface area contributed by atoms with Crippen molar-refractivity contribution in [2.45, 2.75) is 57.6 Å². The van der Waals surface area contributed by atoms with Crippen LogP contribution >= 0.6 is 0 Å². The van der Waals surface area contributed by atoms with Gasteiger partial charge in [-0.3, -0.25) is 0 Å². The van der Waals surface area contributed by atoms with Gasteiger partial charge >= 0.3 is 0 Å². The minimum atomic E-state index is 0.233. The fourth-order valence-corrected chi connectivity index (χ4v) is 3.05. The minimum Gasteiger partial charge on any atom is -0.491 e. The molecule has 18 heavy (non-hydrogen) atoms. The fourth-order valence-electron chi connectivity index (χ4n) is 3.05. The van der Waals surface area contributed by atoms with Crippen molar-refractivity contribution >= 4 is 0 Å². The minimum absolute atomic E-state index is 0.233. The number of nitrogens with one attached hydrogen (secondary N) is 1. The van der Waals surface area contributed by atoms with Gasteiger partial charge in [0.25, 0.3) is 0 Å². The van der Waals surface area contributed by atoms with E-state index in [0.29, 0.717) is 6.04 Å². The summed E-state index contributed by atoms with van der Waals surface area (Å²) in [4.78, 5) is 0. The van der Waals surface area contributed by atoms with Crippen molar-refractivity contribution < 1.29 is 4.74 Å². The Morgan fingerprint density at radius 3 is 2.67 bits per heavy atom. The van der Waals surface area contributed by atoms with E-state index >= 15 is 0 Å². The molecule has 1 aliphatic carbocycles. The first-order chi connectivity index (χ1) is 8.55. The zero-order chi connectivity index (χ0) is 13.2. The Morgan fingerprint density at radius 1 is 1.33 bits per heavy atom. The van der Waals surface area contributed by atoms with Gasteiger partial charge in [0.1, 0.15) is 5.75 Å². The Bertz CT molecular complexity index is 402. The highest BCUT2D eigenvalue weighted by Crippen LogP contribution is 2.44. The molecule has 2 rings (SSSR count). The summed E-state index contributed by atoms with van der Waals surface area (Å²) in [5.41, 5.74) is 1.62. The Kier molecular flexibility index (Phi) is 3.96. The van der Waals surface area contributed by atoms with Crippen molar-refractivity contribution in [3.8, 4) is 5.75 Å². The summed E-state index contributed by atoms with van der Waals surface area (Å²) in [7, 11) is 2.06. The van der Waals surface area contributed by atoms with Crippen molar-refractivity contribution in [1.82, 2.24) is 5.32 Å². The third-order valence-electron chi connectivity index (χ3n) is 4.05. The van der Waals surface area contributed by atoms with E-state index in [-0.39, 0.29) is 11.5 Å². The standard InChI is InChI=1S/C16H25NO/c1-12(2)18-15-8-6-5-7-14(15)16(3)10-9-13(11-16)17-4/h5-8,12-13,17H,9-11H2,1-4H3. The molecule has 1 aliphatic rings. The number of hydrogen-bond acceptors (Lipinski definition) is 2. The number of benzene rings is 1. The lowest BCUT2D eigenvalue weighted by atomic mass is 9.80. The lowest BCUT2D eigenvalue weighted by Crippen LogP contribution is -2.26. The molecule has 1 fully saturated rings. The summed E-state index contributed by atoms with van der Waals surface area (Å²) in [6.07, 6.45) is 3.92. The van der Waals surface area contributed by atoms with Gasteiger partial charge in [0.2, 0.25) is 0 Å². The largest absolute Gasteiger partial charge is 0.491 e. The van der Waals surface area contributed by atoms with Crippen LogP contribution in [0.4, 0.5) is 0 Å². The Balaban J connectivity index is 2.27. The molecule has 0 aliphatic heterocycles. The third kappa shape index (κ3) is 2.69. The summed E-state index contributed by atoms with van der Waals surface area (Å²) in [5.74, 6) is 1.06. The van der Waals surface area contributed by atoms with Gasteiger partial charge in [-0.25, -0.2) is 0 Å². The molecule has 0 heterocycles. The van der Waals surface area contributed by atoms with Crippen molar-refractivity contribution in [2.75, 3.05) is 7.05 Å². The van der Waals surface area contributed by atoms with Gasteiger partial charge in [-0.05, 0) is 51.6 Å². The predicted octanol–water partition coefficient (Wildman–Crippen LogP) is 3.50. The molecule has 2 nitrogen and oxygen atoms in total. The molecular weight excluding hydrogens is 222 g/mol. The second-order valence-corrected chi connectivity index (χ2v) is 5.95. The number of hydrogen-bond donors (Lipinski definition) is 1. The summed E-state index contributed by atoms with van der Waals surface area (Å²) < 4.78 is 5.97. The SMILES string of the molecule is CNC1CCC(C)(c2ccccc2OC(C)C)C1. The highest BCUT2D eigenvalue weighted by Gasteiger charge is 2.37. The van der Waals surface area contributed by atoms with Crippen LogP contribution in [-0.4, -0.2) is 19.2 Å². The lowest BCUT2D eigenvalue weighted by molar-refractivity contribution is 0.235. The normalized spacial score (nSPS) is 27.7. The molecule has 100 valence electrons. The highest BCUT2D eigenvalue weighted by molar-refractivity contribution is 5.40. The summed E-state index contributed by atoms with van der Waals surface area (Å²) in [6, 6.07) is 9.17. The van der Waals surface area contributed by atoms with E-state index < -0.39 is 0 Å². The smallest absolute Gasteiger partial charge is 0.123 e. The first-order valence-electron chi connectivity index (χ1n) is 6.98. The van der Waals surface area contributed by atoms with Crippen LogP contribution in [0.3, 0.4) is 0 Å². The Labute approximate surface area is 111 Å². The Morgan fingerprint density at radius 2 is 2.06 bits per heavy atom. The van der Waals surface area contributed by atoms with Crippen molar-refractivity contribution in [1.29, 1.82) is 0 Å². The summed E-state index contributed by atoms with van der Waals surface area (Å²) in [6.45, 7) is 6.54. The van der Waals surface area contributed by atoms with Crippen LogP contribution in [0.15, 0.2) is 24.3 Å². The molecule has 0 amide bonds. The maximum absolute atomic E-state index is 5.97. The van der Waals surface area contributed by atoms with Crippen LogP contribution < -0.4 is 10.1 Å². The topological polar surface area (TPSA) is 21.3 Å². The van der Waals surface area contributed by atoms with Crippen molar-refractivity contribution in [3.05, 3.63) is 29.8 Å². The fraction of sp³-hybridized carbons (Fsp3) is 0.625. The molecular formula is C16H25NO. The highest BCUT2D eigenvalue weighted by atomic mass is 16.5. The van der Waals surface area contributed by atoms with Crippen LogP contribution in [0.2, 0.25) is 0 Å².